The number of nitrogens with zero attached hydrogens (tertiary/aromatic N) is 3. The van der Waals surface area contributed by atoms with Crippen LogP contribution in [0.1, 0.15) is 11.7 Å². The van der Waals surface area contributed by atoms with Crippen molar-refractivity contribution in [1.82, 2.24) is 10.2 Å². The first-order valence-electron chi connectivity index (χ1n) is 9.72. The summed E-state index contributed by atoms with van der Waals surface area (Å²) in [6.07, 6.45) is -7.31. The number of ether oxygens (including phenoxy) is 1. The van der Waals surface area contributed by atoms with E-state index in [1.54, 1.807) is 6.08 Å². The number of oxime groups is 1. The molecule has 1 aromatic carbocycles. The Morgan fingerprint density at radius 2 is 2.00 bits per heavy atom. The molecule has 0 bridgehead atoms. The first-order valence-corrected chi connectivity index (χ1v) is 10.5. The van der Waals surface area contributed by atoms with Crippen molar-refractivity contribution in [3.8, 4) is 0 Å². The third-order valence-electron chi connectivity index (χ3n) is 5.42. The van der Waals surface area contributed by atoms with E-state index in [1.165, 1.54) is 35.6 Å². The molecule has 4 N–H and O–H groups in total. The molecule has 0 saturated carbocycles. The molecule has 3 aliphatic heterocycles. The van der Waals surface area contributed by atoms with Crippen LogP contribution in [0.5, 0.6) is 0 Å². The van der Waals surface area contributed by atoms with Crippen LogP contribution in [0.3, 0.4) is 0 Å². The predicted molar refractivity (Wildman–Crippen MR) is 111 cm³/mol. The molecule has 33 heavy (non-hydrogen) atoms. The van der Waals surface area contributed by atoms with Crippen LogP contribution in [0, 0.1) is 5.92 Å². The van der Waals surface area contributed by atoms with Gasteiger partial charge in [-0.05, 0) is 17.7 Å². The summed E-state index contributed by atoms with van der Waals surface area (Å²) >= 11 is 11.9. The second-order valence-electron chi connectivity index (χ2n) is 7.61. The molecule has 0 amide bonds. The summed E-state index contributed by atoms with van der Waals surface area (Å²) in [5.74, 6) is -0.627. The zero-order valence-corrected chi connectivity index (χ0v) is 18.1. The lowest BCUT2D eigenvalue weighted by molar-refractivity contribution is -0.173. The molecule has 0 aromatic heterocycles. The molecule has 0 radical (unpaired) electrons. The maximum absolute atomic E-state index is 12.3. The molecule has 3 aliphatic rings. The molecule has 0 aliphatic carbocycles. The first-order chi connectivity index (χ1) is 15.6. The normalized spacial score (nSPS) is 33.3. The van der Waals surface area contributed by atoms with Crippen LogP contribution in [0.15, 0.2) is 40.6 Å². The number of aliphatic imine (C=N–C) groups is 1. The molecule has 1 fully saturated rings. The number of hydrogen-bond donors (Lipinski definition) is 4. The smallest absolute Gasteiger partial charge is 0.387 e. The van der Waals surface area contributed by atoms with E-state index in [4.69, 9.17) is 27.9 Å². The zero-order chi connectivity index (χ0) is 23.9. The van der Waals surface area contributed by atoms with Crippen LogP contribution in [0.2, 0.25) is 10.0 Å². The van der Waals surface area contributed by atoms with Crippen molar-refractivity contribution in [1.29, 1.82) is 0 Å². The Hall–Kier alpha value is -2.09. The van der Waals surface area contributed by atoms with E-state index in [9.17, 15) is 28.5 Å². The van der Waals surface area contributed by atoms with Crippen molar-refractivity contribution in [3.63, 3.8) is 0 Å². The molecule has 3 heterocycles. The SMILES string of the molecule is OC(c1ccc(Cl)c(Cl)c1)[C@H]1O[C@@H](N2C=CC3C(=NOCC(F)(F)F)N=CNC32)[C@H](O)[C@@H]1O. The number of nitrogens with one attached hydrogen (secondary N) is 1. The molecule has 14 heteroatoms. The molecule has 1 aromatic rings. The fourth-order valence-electron chi connectivity index (χ4n) is 3.84. The number of benzene rings is 1. The topological polar surface area (TPSA) is 119 Å². The van der Waals surface area contributed by atoms with Crippen LogP contribution in [0.4, 0.5) is 13.2 Å². The van der Waals surface area contributed by atoms with Gasteiger partial charge in [0.15, 0.2) is 12.1 Å². The van der Waals surface area contributed by atoms with Crippen LogP contribution < -0.4 is 5.32 Å². The summed E-state index contributed by atoms with van der Waals surface area (Å²) < 4.78 is 42.8. The van der Waals surface area contributed by atoms with Crippen molar-refractivity contribution in [2.75, 3.05) is 6.61 Å². The lowest BCUT2D eigenvalue weighted by atomic mass is 9.99. The average Bonchev–Trinajstić information content (AvgIpc) is 3.31. The summed E-state index contributed by atoms with van der Waals surface area (Å²) in [6.45, 7) is -1.56. The summed E-state index contributed by atoms with van der Waals surface area (Å²) in [4.78, 5) is 9.79. The summed E-state index contributed by atoms with van der Waals surface area (Å²) in [5.41, 5.74) is 0.329. The number of aliphatic hydroxyl groups is 3. The van der Waals surface area contributed by atoms with Gasteiger partial charge in [0, 0.05) is 6.20 Å². The minimum Gasteiger partial charge on any atom is -0.387 e. The van der Waals surface area contributed by atoms with Gasteiger partial charge in [-0.2, -0.15) is 13.2 Å². The number of hydrogen-bond acceptors (Lipinski definition) is 8. The van der Waals surface area contributed by atoms with Crippen LogP contribution in [-0.4, -0.2) is 75.9 Å². The molecule has 3 unspecified atom stereocenters. The van der Waals surface area contributed by atoms with Crippen LogP contribution in [-0.2, 0) is 9.57 Å². The third kappa shape index (κ3) is 4.91. The fraction of sp³-hybridized carbons (Fsp3) is 0.474. The molecule has 1 saturated heterocycles. The fourth-order valence-corrected chi connectivity index (χ4v) is 4.14. The zero-order valence-electron chi connectivity index (χ0n) is 16.6. The molecule has 180 valence electrons. The van der Waals surface area contributed by atoms with Crippen molar-refractivity contribution < 1.29 is 38.1 Å². The van der Waals surface area contributed by atoms with Crippen molar-refractivity contribution in [2.45, 2.75) is 43.0 Å². The van der Waals surface area contributed by atoms with E-state index in [0.717, 1.165) is 0 Å². The van der Waals surface area contributed by atoms with Crippen molar-refractivity contribution in [2.24, 2.45) is 16.1 Å². The van der Waals surface area contributed by atoms with Gasteiger partial charge in [-0.1, -0.05) is 40.5 Å². The second kappa shape index (κ2) is 9.28. The minimum atomic E-state index is -4.54. The Balaban J connectivity index is 1.47. The second-order valence-corrected chi connectivity index (χ2v) is 8.43. The van der Waals surface area contributed by atoms with Gasteiger partial charge < -0.3 is 35.1 Å². The maximum atomic E-state index is 12.3. The molecular weight excluding hydrogens is 492 g/mol. The minimum absolute atomic E-state index is 0.0119. The number of amidine groups is 1. The van der Waals surface area contributed by atoms with Gasteiger partial charge in [-0.3, -0.25) is 0 Å². The highest BCUT2D eigenvalue weighted by Gasteiger charge is 2.51. The molecule has 4 rings (SSSR count). The highest BCUT2D eigenvalue weighted by atomic mass is 35.5. The lowest BCUT2D eigenvalue weighted by Crippen LogP contribution is -2.54. The monoisotopic (exact) mass is 510 g/mol. The summed E-state index contributed by atoms with van der Waals surface area (Å²) in [7, 11) is 0. The Morgan fingerprint density at radius 1 is 1.24 bits per heavy atom. The van der Waals surface area contributed by atoms with Gasteiger partial charge in [-0.25, -0.2) is 4.99 Å². The number of alkyl halides is 3. The van der Waals surface area contributed by atoms with Gasteiger partial charge in [0.25, 0.3) is 0 Å². The van der Waals surface area contributed by atoms with Gasteiger partial charge in [0.05, 0.1) is 22.3 Å². The van der Waals surface area contributed by atoms with Crippen molar-refractivity contribution in [3.05, 3.63) is 46.1 Å². The Labute approximate surface area is 195 Å². The van der Waals surface area contributed by atoms with E-state index in [1.807, 2.05) is 0 Å². The first kappa shape index (κ1) is 24.0. The maximum Gasteiger partial charge on any atom is 0.425 e. The van der Waals surface area contributed by atoms with Gasteiger partial charge in [0.1, 0.15) is 30.6 Å². The number of fused-ring (bicyclic) bond motifs is 1. The van der Waals surface area contributed by atoms with E-state index in [0.29, 0.717) is 5.56 Å². The number of halogens is 5. The van der Waals surface area contributed by atoms with Crippen LogP contribution >= 0.6 is 23.2 Å². The largest absolute Gasteiger partial charge is 0.425 e. The van der Waals surface area contributed by atoms with E-state index in [2.05, 4.69) is 20.3 Å². The Morgan fingerprint density at radius 3 is 2.70 bits per heavy atom. The molecular formula is C19H19Cl2F3N4O5. The number of rotatable bonds is 5. The summed E-state index contributed by atoms with van der Waals surface area (Å²) in [6, 6.07) is 4.43. The van der Waals surface area contributed by atoms with E-state index < -0.39 is 55.5 Å². The average molecular weight is 511 g/mol. The standard InChI is InChI=1S/C19H19Cl2F3N4O5/c20-10-2-1-8(5-11(10)21)12(29)15-13(30)14(31)18(33-15)28-4-3-9-16(25-7-26-17(9)28)27-32-6-19(22,23)24/h1-5,7,9,12-15,17-18,29-31H,6H2,(H,25,26,27)/t9?,12?,13-,14+,15+,17?,18+/m0/s1. The summed E-state index contributed by atoms with van der Waals surface area (Å²) in [5, 5.41) is 38.8. The van der Waals surface area contributed by atoms with Crippen molar-refractivity contribution >= 4 is 35.4 Å². The predicted octanol–water partition coefficient (Wildman–Crippen LogP) is 1.77. The van der Waals surface area contributed by atoms with Gasteiger partial charge in [-0.15, -0.1) is 0 Å². The molecule has 7 atom stereocenters. The van der Waals surface area contributed by atoms with E-state index in [-0.39, 0.29) is 15.9 Å². The van der Waals surface area contributed by atoms with Gasteiger partial charge >= 0.3 is 6.18 Å². The van der Waals surface area contributed by atoms with Crippen LogP contribution in [0.25, 0.3) is 0 Å². The number of aliphatic hydroxyl groups excluding tert-OH is 3. The molecule has 9 nitrogen and oxygen atoms in total. The quantitative estimate of drug-likeness (QED) is 0.445. The third-order valence-corrected chi connectivity index (χ3v) is 6.16. The van der Waals surface area contributed by atoms with E-state index >= 15 is 0 Å². The highest BCUT2D eigenvalue weighted by Crippen LogP contribution is 2.37. The Kier molecular flexibility index (Phi) is 6.76. The Bertz CT molecular complexity index is 979. The molecule has 0 spiro atoms. The lowest BCUT2D eigenvalue weighted by Gasteiger charge is -2.36. The van der Waals surface area contributed by atoms with Gasteiger partial charge in [0.2, 0.25) is 6.61 Å². The highest BCUT2D eigenvalue weighted by molar-refractivity contribution is 6.42.